The molecule has 0 N–H and O–H groups in total. The first-order chi connectivity index (χ1) is 6.21. The summed E-state index contributed by atoms with van der Waals surface area (Å²) >= 11 is 0. The molecule has 0 saturated heterocycles. The van der Waals surface area contributed by atoms with Crippen LogP contribution in [0.25, 0.3) is 0 Å². The summed E-state index contributed by atoms with van der Waals surface area (Å²) in [4.78, 5) is 19.1. The molecule has 0 aromatic carbocycles. The van der Waals surface area contributed by atoms with Crippen molar-refractivity contribution in [1.29, 1.82) is 0 Å². The van der Waals surface area contributed by atoms with Crippen LogP contribution < -0.4 is 0 Å². The van der Waals surface area contributed by atoms with E-state index < -0.39 is 0 Å². The van der Waals surface area contributed by atoms with E-state index in [4.69, 9.17) is 14.5 Å². The van der Waals surface area contributed by atoms with E-state index in [-0.39, 0.29) is 5.96 Å². The lowest BCUT2D eigenvalue weighted by atomic mass is 10.9. The molecule has 0 aromatic heterocycles. The van der Waals surface area contributed by atoms with Gasteiger partial charge in [0.05, 0.1) is 21.3 Å². The second-order valence-corrected chi connectivity index (χ2v) is 1.88. The summed E-state index contributed by atoms with van der Waals surface area (Å²) in [6.07, 6.45) is 0. The van der Waals surface area contributed by atoms with Gasteiger partial charge in [-0.25, -0.2) is 14.7 Å². The van der Waals surface area contributed by atoms with Crippen LogP contribution in [0, 0.1) is 0 Å². The summed E-state index contributed by atoms with van der Waals surface area (Å²) in [6.45, 7) is 0. The molecule has 0 heterocycles. The van der Waals surface area contributed by atoms with E-state index in [9.17, 15) is 0 Å². The number of oxime groups is 1. The van der Waals surface area contributed by atoms with E-state index in [1.807, 2.05) is 0 Å². The Hall–Kier alpha value is -1.05. The smallest absolute Gasteiger partial charge is 0.313 e. The van der Waals surface area contributed by atoms with Crippen LogP contribution in [0.3, 0.4) is 0 Å². The zero-order chi connectivity index (χ0) is 10.3. The van der Waals surface area contributed by atoms with Crippen molar-refractivity contribution in [3.8, 4) is 0 Å². The summed E-state index contributed by atoms with van der Waals surface area (Å²) in [5, 5.41) is 5.98. The molecule has 0 aromatic rings. The monoisotopic (exact) mass is 193 g/mol. The van der Waals surface area contributed by atoms with Crippen LogP contribution in [0.2, 0.25) is 0 Å². The summed E-state index contributed by atoms with van der Waals surface area (Å²) < 4.78 is 0. The second kappa shape index (κ2) is 6.46. The lowest BCUT2D eigenvalue weighted by Crippen LogP contribution is -2.40. The normalized spacial score (nSPS) is 11.3. The SMILES string of the molecule is CO/N=C(\N(C)OC)N(OC)OC. The first kappa shape index (κ1) is 11.9. The third kappa shape index (κ3) is 3.45. The van der Waals surface area contributed by atoms with Gasteiger partial charge in [-0.1, -0.05) is 5.23 Å². The maximum Gasteiger partial charge on any atom is 0.313 e. The van der Waals surface area contributed by atoms with Crippen LogP contribution in [0.5, 0.6) is 0 Å². The largest absolute Gasteiger partial charge is 0.396 e. The van der Waals surface area contributed by atoms with Gasteiger partial charge < -0.3 is 4.84 Å². The molecule has 7 heteroatoms. The van der Waals surface area contributed by atoms with E-state index in [1.165, 1.54) is 33.5 Å². The van der Waals surface area contributed by atoms with Crippen LogP contribution in [0.1, 0.15) is 0 Å². The number of rotatable bonds is 4. The molecule has 13 heavy (non-hydrogen) atoms. The Balaban J connectivity index is 4.48. The van der Waals surface area contributed by atoms with E-state index >= 15 is 0 Å². The average molecular weight is 193 g/mol. The summed E-state index contributed by atoms with van der Waals surface area (Å²) in [7, 11) is 7.38. The van der Waals surface area contributed by atoms with Crippen LogP contribution in [-0.4, -0.2) is 51.7 Å². The van der Waals surface area contributed by atoms with Crippen LogP contribution in [-0.2, 0) is 19.4 Å². The van der Waals surface area contributed by atoms with E-state index in [2.05, 4.69) is 9.99 Å². The minimum atomic E-state index is 0.231. The molecule has 78 valence electrons. The fourth-order valence-electron chi connectivity index (χ4n) is 0.607. The summed E-state index contributed by atoms with van der Waals surface area (Å²) in [6, 6.07) is 0. The van der Waals surface area contributed by atoms with Crippen LogP contribution in [0.4, 0.5) is 0 Å². The number of guanidine groups is 1. The highest BCUT2D eigenvalue weighted by atomic mass is 17.0. The lowest BCUT2D eigenvalue weighted by Gasteiger charge is -2.24. The van der Waals surface area contributed by atoms with Gasteiger partial charge in [0, 0.05) is 7.05 Å². The van der Waals surface area contributed by atoms with Crippen molar-refractivity contribution in [1.82, 2.24) is 10.3 Å². The first-order valence-corrected chi connectivity index (χ1v) is 3.48. The van der Waals surface area contributed by atoms with Gasteiger partial charge >= 0.3 is 5.96 Å². The third-order valence-electron chi connectivity index (χ3n) is 1.22. The Kier molecular flexibility index (Phi) is 5.94. The summed E-state index contributed by atoms with van der Waals surface area (Å²) in [5.41, 5.74) is 0. The zero-order valence-corrected chi connectivity index (χ0v) is 8.47. The molecule has 0 aliphatic rings. The molecule has 0 aliphatic carbocycles. The molecular weight excluding hydrogens is 178 g/mol. The van der Waals surface area contributed by atoms with Gasteiger partial charge in [0.25, 0.3) is 0 Å². The van der Waals surface area contributed by atoms with Gasteiger partial charge in [0.15, 0.2) is 0 Å². The molecule has 0 saturated carbocycles. The Morgan fingerprint density at radius 1 is 1.00 bits per heavy atom. The molecule has 0 radical (unpaired) electrons. The summed E-state index contributed by atoms with van der Waals surface area (Å²) in [5.74, 6) is 0.231. The van der Waals surface area contributed by atoms with Crippen molar-refractivity contribution in [2.24, 2.45) is 5.16 Å². The zero-order valence-electron chi connectivity index (χ0n) is 8.47. The standard InChI is InChI=1S/C6H15N3O4/c1-8(11-3)6(7-10-2)9(12-4)13-5/h1-5H3/b7-6+. The Labute approximate surface area is 77.2 Å². The quantitative estimate of drug-likeness (QED) is 0.351. The number of hydroxylamine groups is 4. The number of hydrogen-bond donors (Lipinski definition) is 0. The lowest BCUT2D eigenvalue weighted by molar-refractivity contribution is -0.302. The fourth-order valence-corrected chi connectivity index (χ4v) is 0.607. The first-order valence-electron chi connectivity index (χ1n) is 3.48. The van der Waals surface area contributed by atoms with Gasteiger partial charge in [-0.2, -0.15) is 0 Å². The molecule has 0 fully saturated rings. The Bertz CT molecular complexity index is 160. The van der Waals surface area contributed by atoms with Crippen molar-refractivity contribution >= 4 is 5.96 Å². The highest BCUT2D eigenvalue weighted by molar-refractivity contribution is 5.76. The van der Waals surface area contributed by atoms with Gasteiger partial charge in [0.2, 0.25) is 0 Å². The van der Waals surface area contributed by atoms with Gasteiger partial charge in [-0.15, -0.1) is 0 Å². The highest BCUT2D eigenvalue weighted by Gasteiger charge is 2.16. The minimum absolute atomic E-state index is 0.231. The molecule has 0 atom stereocenters. The minimum Gasteiger partial charge on any atom is -0.396 e. The van der Waals surface area contributed by atoms with Crippen LogP contribution in [0.15, 0.2) is 5.16 Å². The molecule has 0 amide bonds. The molecule has 0 bridgehead atoms. The predicted molar refractivity (Wildman–Crippen MR) is 45.1 cm³/mol. The molecule has 0 rings (SSSR count). The molecule has 0 unspecified atom stereocenters. The molecule has 7 nitrogen and oxygen atoms in total. The van der Waals surface area contributed by atoms with Gasteiger partial charge in [-0.05, 0) is 5.16 Å². The molecular formula is C6H15N3O4. The van der Waals surface area contributed by atoms with Gasteiger partial charge in [0.1, 0.15) is 7.11 Å². The topological polar surface area (TPSA) is 55.8 Å². The molecule has 0 aliphatic heterocycles. The average Bonchev–Trinajstić information content (AvgIpc) is 2.17. The van der Waals surface area contributed by atoms with Crippen LogP contribution >= 0.6 is 0 Å². The maximum atomic E-state index is 4.87. The second-order valence-electron chi connectivity index (χ2n) is 1.88. The molecule has 0 spiro atoms. The predicted octanol–water partition coefficient (Wildman–Crippen LogP) is -0.178. The fraction of sp³-hybridized carbons (Fsp3) is 0.833. The van der Waals surface area contributed by atoms with Gasteiger partial charge in [-0.3, -0.25) is 4.84 Å². The van der Waals surface area contributed by atoms with Crippen molar-refractivity contribution in [2.75, 3.05) is 35.5 Å². The van der Waals surface area contributed by atoms with E-state index in [0.29, 0.717) is 0 Å². The maximum absolute atomic E-state index is 4.87. The van der Waals surface area contributed by atoms with Crippen molar-refractivity contribution < 1.29 is 19.4 Å². The highest BCUT2D eigenvalue weighted by Crippen LogP contribution is 1.98. The van der Waals surface area contributed by atoms with E-state index in [1.54, 1.807) is 7.05 Å². The third-order valence-corrected chi connectivity index (χ3v) is 1.22. The Morgan fingerprint density at radius 3 is 1.85 bits per heavy atom. The number of nitrogens with zero attached hydrogens (tertiary/aromatic N) is 3. The van der Waals surface area contributed by atoms with Crippen molar-refractivity contribution in [2.45, 2.75) is 0 Å². The van der Waals surface area contributed by atoms with E-state index in [0.717, 1.165) is 5.23 Å². The Morgan fingerprint density at radius 2 is 1.54 bits per heavy atom. The van der Waals surface area contributed by atoms with Crippen molar-refractivity contribution in [3.63, 3.8) is 0 Å². The number of hydrogen-bond acceptors (Lipinski definition) is 5. The van der Waals surface area contributed by atoms with Crippen molar-refractivity contribution in [3.05, 3.63) is 0 Å².